The van der Waals surface area contributed by atoms with E-state index in [1.165, 1.54) is 0 Å². The van der Waals surface area contributed by atoms with Gasteiger partial charge < -0.3 is 11.1 Å². The summed E-state index contributed by atoms with van der Waals surface area (Å²) < 4.78 is 37.5. The summed E-state index contributed by atoms with van der Waals surface area (Å²) in [6.07, 6.45) is -0.801. The van der Waals surface area contributed by atoms with Gasteiger partial charge >= 0.3 is 6.18 Å². The summed E-state index contributed by atoms with van der Waals surface area (Å²) in [5, 5.41) is 3.92. The van der Waals surface area contributed by atoms with Crippen LogP contribution in [0.4, 0.5) is 30.4 Å². The lowest BCUT2D eigenvalue weighted by Gasteiger charge is -2.09. The Morgan fingerprint density at radius 3 is 2.54 bits per heavy atom. The van der Waals surface area contributed by atoms with Crippen LogP contribution < -0.4 is 11.1 Å². The van der Waals surface area contributed by atoms with Gasteiger partial charge in [-0.3, -0.25) is 4.99 Å². The van der Waals surface area contributed by atoms with Crippen molar-refractivity contribution in [2.45, 2.75) is 11.1 Å². The summed E-state index contributed by atoms with van der Waals surface area (Å²) >= 11 is 1.64. The smallest absolute Gasteiger partial charge is 0.395 e. The van der Waals surface area contributed by atoms with Gasteiger partial charge in [0.1, 0.15) is 11.5 Å². The van der Waals surface area contributed by atoms with Crippen LogP contribution in [-0.2, 0) is 0 Å². The fourth-order valence-electron chi connectivity index (χ4n) is 2.44. The molecule has 3 aromatic rings. The molecule has 1 heterocycles. The Morgan fingerprint density at radius 2 is 1.86 bits per heavy atom. The van der Waals surface area contributed by atoms with Crippen molar-refractivity contribution in [1.29, 1.82) is 0 Å². The second-order valence-electron chi connectivity index (χ2n) is 5.80. The Labute approximate surface area is 164 Å². The zero-order valence-electron chi connectivity index (χ0n) is 14.9. The molecule has 0 saturated carbocycles. The number of benzene rings is 2. The summed E-state index contributed by atoms with van der Waals surface area (Å²) in [5.74, 6) is 0.538. The van der Waals surface area contributed by atoms with E-state index in [0.717, 1.165) is 28.3 Å². The van der Waals surface area contributed by atoms with Gasteiger partial charge in [-0.05, 0) is 42.7 Å². The number of anilines is 2. The molecule has 0 aliphatic heterocycles. The molecule has 144 valence electrons. The summed E-state index contributed by atoms with van der Waals surface area (Å²) in [6, 6.07) is 16.8. The number of nitrogens with two attached hydrogens (primary N) is 1. The first kappa shape index (κ1) is 19.8. The van der Waals surface area contributed by atoms with Gasteiger partial charge in [0.25, 0.3) is 0 Å². The summed E-state index contributed by atoms with van der Waals surface area (Å²) in [6.45, 7) is 0. The number of hydrogen-bond donors (Lipinski definition) is 2. The van der Waals surface area contributed by atoms with Crippen LogP contribution in [0.5, 0.6) is 0 Å². The van der Waals surface area contributed by atoms with E-state index >= 15 is 0 Å². The molecule has 3 N–H and O–H groups in total. The van der Waals surface area contributed by atoms with Crippen molar-refractivity contribution in [3.05, 3.63) is 66.4 Å². The molecule has 3 rings (SSSR count). The van der Waals surface area contributed by atoms with Crippen LogP contribution in [0.3, 0.4) is 0 Å². The van der Waals surface area contributed by atoms with Gasteiger partial charge in [0.15, 0.2) is 0 Å². The molecule has 0 aliphatic carbocycles. The second kappa shape index (κ2) is 8.35. The van der Waals surface area contributed by atoms with Gasteiger partial charge in [-0.2, -0.15) is 13.2 Å². The van der Waals surface area contributed by atoms with E-state index in [9.17, 15) is 13.2 Å². The molecule has 8 heteroatoms. The molecule has 0 amide bonds. The number of nitrogens with zero attached hydrogens (tertiary/aromatic N) is 2. The zero-order valence-corrected chi connectivity index (χ0v) is 15.7. The molecule has 0 unspecified atom stereocenters. The number of alkyl halides is 3. The van der Waals surface area contributed by atoms with E-state index in [0.29, 0.717) is 17.0 Å². The van der Waals surface area contributed by atoms with Gasteiger partial charge in [0.2, 0.25) is 0 Å². The molecule has 4 nitrogen and oxygen atoms in total. The average molecular weight is 402 g/mol. The SMILES string of the molecule is CSc1ccc(Nc2cc(N=CC=C(N)C(F)(F)F)c3ccccc3n2)cc1. The van der Waals surface area contributed by atoms with Crippen molar-refractivity contribution in [2.75, 3.05) is 11.6 Å². The predicted octanol–water partition coefficient (Wildman–Crippen LogP) is 5.81. The minimum atomic E-state index is -4.58. The first-order valence-corrected chi connectivity index (χ1v) is 9.47. The highest BCUT2D eigenvalue weighted by atomic mass is 32.2. The van der Waals surface area contributed by atoms with Crippen molar-refractivity contribution in [1.82, 2.24) is 4.98 Å². The first-order valence-electron chi connectivity index (χ1n) is 8.25. The van der Waals surface area contributed by atoms with Crippen LogP contribution in [0.15, 0.2) is 76.3 Å². The quantitative estimate of drug-likeness (QED) is 0.418. The third kappa shape index (κ3) is 4.83. The van der Waals surface area contributed by atoms with E-state index < -0.39 is 11.9 Å². The fraction of sp³-hybridized carbons (Fsp3) is 0.100. The predicted molar refractivity (Wildman–Crippen MR) is 110 cm³/mol. The maximum atomic E-state index is 12.5. The second-order valence-corrected chi connectivity index (χ2v) is 6.67. The zero-order chi connectivity index (χ0) is 20.1. The highest BCUT2D eigenvalue weighted by molar-refractivity contribution is 7.98. The van der Waals surface area contributed by atoms with Crippen LogP contribution in [-0.4, -0.2) is 23.6 Å². The minimum Gasteiger partial charge on any atom is -0.395 e. The Balaban J connectivity index is 1.94. The van der Waals surface area contributed by atoms with Gasteiger partial charge in [-0.25, -0.2) is 4.98 Å². The molecule has 0 fully saturated rings. The number of hydrogen-bond acceptors (Lipinski definition) is 5. The molecule has 0 spiro atoms. The minimum absolute atomic E-state index is 0.486. The normalized spacial score (nSPS) is 12.6. The number of nitrogens with one attached hydrogen (secondary N) is 1. The van der Waals surface area contributed by atoms with Crippen LogP contribution >= 0.6 is 11.8 Å². The lowest BCUT2D eigenvalue weighted by atomic mass is 10.2. The number of thioether (sulfide) groups is 1. The van der Waals surface area contributed by atoms with E-state index in [1.54, 1.807) is 17.8 Å². The molecule has 1 aromatic heterocycles. The van der Waals surface area contributed by atoms with Gasteiger partial charge in [0, 0.05) is 28.3 Å². The molecule has 28 heavy (non-hydrogen) atoms. The number of allylic oxidation sites excluding steroid dienone is 2. The van der Waals surface area contributed by atoms with Gasteiger partial charge in [-0.15, -0.1) is 11.8 Å². The van der Waals surface area contributed by atoms with Crippen molar-refractivity contribution < 1.29 is 13.2 Å². The largest absolute Gasteiger partial charge is 0.430 e. The number of para-hydroxylation sites is 1. The Bertz CT molecular complexity index is 1030. The third-order valence-corrected chi connectivity index (χ3v) is 4.60. The van der Waals surface area contributed by atoms with Gasteiger partial charge in [-0.1, -0.05) is 18.2 Å². The molecule has 0 radical (unpaired) electrons. The van der Waals surface area contributed by atoms with Crippen LogP contribution in [0.1, 0.15) is 0 Å². The van der Waals surface area contributed by atoms with Crippen LogP contribution in [0.2, 0.25) is 0 Å². The number of aliphatic imine (C=N–C) groups is 1. The fourth-order valence-corrected chi connectivity index (χ4v) is 2.85. The Kier molecular flexibility index (Phi) is 5.89. The molecule has 0 bridgehead atoms. The summed E-state index contributed by atoms with van der Waals surface area (Å²) in [7, 11) is 0. The molecule has 0 saturated heterocycles. The van der Waals surface area contributed by atoms with E-state index in [1.807, 2.05) is 54.8 Å². The molecule has 0 aliphatic rings. The van der Waals surface area contributed by atoms with Crippen molar-refractivity contribution in [2.24, 2.45) is 10.7 Å². The summed E-state index contributed by atoms with van der Waals surface area (Å²) in [5.41, 5.74) is 5.80. The lowest BCUT2D eigenvalue weighted by Crippen LogP contribution is -2.19. The molecular weight excluding hydrogens is 385 g/mol. The molecule has 0 atom stereocenters. The highest BCUT2D eigenvalue weighted by Crippen LogP contribution is 2.29. The van der Waals surface area contributed by atoms with Crippen molar-refractivity contribution in [3.8, 4) is 0 Å². The first-order chi connectivity index (χ1) is 13.4. The lowest BCUT2D eigenvalue weighted by molar-refractivity contribution is -0.0925. The average Bonchev–Trinajstić information content (AvgIpc) is 2.67. The Morgan fingerprint density at radius 1 is 1.14 bits per heavy atom. The molecule has 2 aromatic carbocycles. The van der Waals surface area contributed by atoms with Gasteiger partial charge in [0.05, 0.1) is 11.2 Å². The molecular formula is C20H17F3N4S. The van der Waals surface area contributed by atoms with Crippen molar-refractivity contribution >= 4 is 46.1 Å². The van der Waals surface area contributed by atoms with E-state index in [4.69, 9.17) is 5.73 Å². The number of aromatic nitrogens is 1. The highest BCUT2D eigenvalue weighted by Gasteiger charge is 2.30. The number of rotatable bonds is 5. The third-order valence-electron chi connectivity index (χ3n) is 3.85. The Hall–Kier alpha value is -3.00. The van der Waals surface area contributed by atoms with Crippen LogP contribution in [0, 0.1) is 0 Å². The van der Waals surface area contributed by atoms with E-state index in [-0.39, 0.29) is 0 Å². The van der Waals surface area contributed by atoms with E-state index in [2.05, 4.69) is 15.3 Å². The number of halogens is 3. The maximum absolute atomic E-state index is 12.5. The number of fused-ring (bicyclic) bond motifs is 1. The van der Waals surface area contributed by atoms with Crippen LogP contribution in [0.25, 0.3) is 10.9 Å². The maximum Gasteiger partial charge on any atom is 0.430 e. The number of pyridine rings is 1. The monoisotopic (exact) mass is 402 g/mol. The van der Waals surface area contributed by atoms with Crippen molar-refractivity contribution in [3.63, 3.8) is 0 Å². The summed E-state index contributed by atoms with van der Waals surface area (Å²) in [4.78, 5) is 9.83. The topological polar surface area (TPSA) is 63.3 Å². The standard InChI is InChI=1S/C20H17F3N4S/c1-28-14-8-6-13(7-9-14)26-19-12-17(15-4-2-3-5-16(15)27-19)25-11-10-18(24)20(21,22)23/h2-12H,24H2,1H3,(H,26,27).